The molecule has 2 aromatic heterocycles. The van der Waals surface area contributed by atoms with E-state index < -0.39 is 0 Å². The molecule has 0 atom stereocenters. The van der Waals surface area contributed by atoms with Gasteiger partial charge in [0, 0.05) is 25.4 Å². The second-order valence-corrected chi connectivity index (χ2v) is 8.47. The summed E-state index contributed by atoms with van der Waals surface area (Å²) >= 11 is 5.54. The number of nitrogens with zero attached hydrogens (tertiary/aromatic N) is 3. The van der Waals surface area contributed by atoms with Crippen molar-refractivity contribution >= 4 is 34.6 Å². The minimum Gasteiger partial charge on any atom is -0.381 e. The molecule has 0 aliphatic heterocycles. The van der Waals surface area contributed by atoms with Crippen LogP contribution in [0.25, 0.3) is 27.1 Å². The van der Waals surface area contributed by atoms with Gasteiger partial charge in [-0.05, 0) is 43.5 Å². The van der Waals surface area contributed by atoms with E-state index in [1.807, 2.05) is 56.3 Å². The van der Waals surface area contributed by atoms with Crippen LogP contribution < -0.4 is 5.32 Å². The summed E-state index contributed by atoms with van der Waals surface area (Å²) in [5.41, 5.74) is 6.16. The van der Waals surface area contributed by atoms with E-state index >= 15 is 0 Å². The number of hydrogen-bond acceptors (Lipinski definition) is 4. The summed E-state index contributed by atoms with van der Waals surface area (Å²) in [5, 5.41) is 3.45. The first-order valence-corrected chi connectivity index (χ1v) is 11.5. The van der Waals surface area contributed by atoms with Crippen LogP contribution in [0.1, 0.15) is 25.8 Å². The smallest absolute Gasteiger partial charge is 0.235 e. The zero-order chi connectivity index (χ0) is 23.2. The predicted molar refractivity (Wildman–Crippen MR) is 136 cm³/mol. The number of nitrogens with one attached hydrogen (secondary N) is 2. The number of rotatable bonds is 9. The lowest BCUT2D eigenvalue weighted by molar-refractivity contribution is 0.0751. The van der Waals surface area contributed by atoms with E-state index in [1.54, 1.807) is 6.33 Å². The van der Waals surface area contributed by atoms with E-state index in [9.17, 15) is 0 Å². The van der Waals surface area contributed by atoms with Crippen molar-refractivity contribution in [2.24, 2.45) is 0 Å². The Hall–Kier alpha value is -3.47. The third kappa shape index (κ3) is 5.14. The molecule has 6 nitrogen and oxygen atoms in total. The molecule has 33 heavy (non-hydrogen) atoms. The summed E-state index contributed by atoms with van der Waals surface area (Å²) in [5.74, 6) is 0. The highest BCUT2D eigenvalue weighted by atomic mass is 32.1. The Balaban J connectivity index is 1.67. The van der Waals surface area contributed by atoms with Crippen molar-refractivity contribution < 1.29 is 4.74 Å². The number of aromatic nitrogens is 3. The number of H-pyrrole nitrogens is 1. The van der Waals surface area contributed by atoms with Crippen molar-refractivity contribution in [1.82, 2.24) is 14.5 Å². The molecular weight excluding hydrogens is 430 g/mol. The first-order valence-electron chi connectivity index (χ1n) is 11.1. The van der Waals surface area contributed by atoms with Crippen LogP contribution in [-0.2, 0) is 17.8 Å². The molecule has 7 heteroatoms. The Kier molecular flexibility index (Phi) is 7.18. The fourth-order valence-electron chi connectivity index (χ4n) is 3.89. The predicted octanol–water partition coefficient (Wildman–Crippen LogP) is 6.74. The highest BCUT2D eigenvalue weighted by Crippen LogP contribution is 2.40. The fourth-order valence-corrected chi connectivity index (χ4v) is 4.16. The van der Waals surface area contributed by atoms with Crippen molar-refractivity contribution in [3.63, 3.8) is 0 Å². The average molecular weight is 458 g/mol. The van der Waals surface area contributed by atoms with E-state index in [4.69, 9.17) is 23.5 Å². The van der Waals surface area contributed by atoms with Crippen LogP contribution in [0.5, 0.6) is 0 Å². The van der Waals surface area contributed by atoms with Gasteiger partial charge in [0.2, 0.25) is 5.69 Å². The highest BCUT2D eigenvalue weighted by Gasteiger charge is 2.20. The normalized spacial score (nSPS) is 11.1. The van der Waals surface area contributed by atoms with Gasteiger partial charge >= 0.3 is 0 Å². The Bertz CT molecular complexity index is 1320. The minimum absolute atomic E-state index is 0.185. The van der Waals surface area contributed by atoms with Gasteiger partial charge in [-0.15, -0.1) is 0 Å². The van der Waals surface area contributed by atoms with Gasteiger partial charge in [-0.3, -0.25) is 0 Å². The van der Waals surface area contributed by atoms with Crippen LogP contribution in [0.15, 0.2) is 60.9 Å². The minimum atomic E-state index is 0.185. The summed E-state index contributed by atoms with van der Waals surface area (Å²) in [4.78, 5) is 11.3. The van der Waals surface area contributed by atoms with Gasteiger partial charge in [-0.25, -0.2) is 9.83 Å². The maximum atomic E-state index is 7.87. The van der Waals surface area contributed by atoms with Crippen molar-refractivity contribution in [2.45, 2.75) is 39.5 Å². The van der Waals surface area contributed by atoms with Crippen LogP contribution in [0.4, 0.5) is 11.4 Å². The molecule has 0 unspecified atom stereocenters. The number of hydrogen-bond donors (Lipinski definition) is 2. The van der Waals surface area contributed by atoms with Crippen LogP contribution in [0.3, 0.4) is 0 Å². The van der Waals surface area contributed by atoms with E-state index in [0.717, 1.165) is 40.9 Å². The summed E-state index contributed by atoms with van der Waals surface area (Å²) in [6, 6.07) is 18.5. The van der Waals surface area contributed by atoms with Crippen molar-refractivity contribution in [2.75, 3.05) is 11.9 Å². The lowest BCUT2D eigenvalue weighted by atomic mass is 10.1. The van der Waals surface area contributed by atoms with Crippen LogP contribution in [0.2, 0.25) is 0 Å². The zero-order valence-electron chi connectivity index (χ0n) is 18.8. The van der Waals surface area contributed by atoms with Gasteiger partial charge in [-0.2, -0.15) is 0 Å². The molecule has 0 bridgehead atoms. The molecule has 4 aromatic rings. The Morgan fingerprint density at radius 1 is 1.15 bits per heavy atom. The highest BCUT2D eigenvalue weighted by molar-refractivity contribution is 7.71. The SMILES string of the molecule is [C-]#[N+]c1c(-c2ccc(NCc3ccccc3)cc2)n(CCCOC(C)C)c2c(=S)nc[nH]c12. The monoisotopic (exact) mass is 457 g/mol. The Morgan fingerprint density at radius 2 is 1.91 bits per heavy atom. The van der Waals surface area contributed by atoms with Gasteiger partial charge in [0.25, 0.3) is 0 Å². The largest absolute Gasteiger partial charge is 0.381 e. The van der Waals surface area contributed by atoms with Crippen LogP contribution >= 0.6 is 12.2 Å². The van der Waals surface area contributed by atoms with Crippen LogP contribution in [-0.4, -0.2) is 27.2 Å². The lowest BCUT2D eigenvalue weighted by Crippen LogP contribution is -2.08. The van der Waals surface area contributed by atoms with Crippen molar-refractivity contribution in [1.29, 1.82) is 0 Å². The van der Waals surface area contributed by atoms with E-state index in [1.165, 1.54) is 5.56 Å². The second-order valence-electron chi connectivity index (χ2n) is 8.08. The molecule has 0 amide bonds. The molecule has 0 aliphatic carbocycles. The molecule has 0 saturated heterocycles. The van der Waals surface area contributed by atoms with Gasteiger partial charge in [0.1, 0.15) is 0 Å². The first-order chi connectivity index (χ1) is 16.1. The number of anilines is 1. The lowest BCUT2D eigenvalue weighted by Gasteiger charge is -2.14. The van der Waals surface area contributed by atoms with Crippen molar-refractivity contribution in [3.05, 3.63) is 82.5 Å². The summed E-state index contributed by atoms with van der Waals surface area (Å²) in [6.45, 7) is 14.0. The Labute approximate surface area is 199 Å². The topological polar surface area (TPSA) is 59.2 Å². The first kappa shape index (κ1) is 22.7. The number of aromatic amines is 1. The van der Waals surface area contributed by atoms with Gasteiger partial charge in [-0.1, -0.05) is 54.7 Å². The zero-order valence-corrected chi connectivity index (χ0v) is 19.7. The van der Waals surface area contributed by atoms with E-state index in [0.29, 0.717) is 23.5 Å². The number of fused-ring (bicyclic) bond motifs is 1. The molecule has 0 radical (unpaired) electrons. The van der Waals surface area contributed by atoms with E-state index in [2.05, 4.69) is 36.8 Å². The molecule has 0 saturated carbocycles. The third-order valence-electron chi connectivity index (χ3n) is 5.42. The van der Waals surface area contributed by atoms with Gasteiger partial charge < -0.3 is 19.6 Å². The molecule has 168 valence electrons. The molecule has 4 rings (SSSR count). The molecular formula is C26H27N5OS. The van der Waals surface area contributed by atoms with E-state index in [-0.39, 0.29) is 6.10 Å². The quantitative estimate of drug-likeness (QED) is 0.166. The maximum absolute atomic E-state index is 7.87. The fraction of sp³-hybridized carbons (Fsp3) is 0.269. The third-order valence-corrected chi connectivity index (χ3v) is 5.72. The van der Waals surface area contributed by atoms with Crippen LogP contribution in [0, 0.1) is 11.2 Å². The molecule has 2 N–H and O–H groups in total. The maximum Gasteiger partial charge on any atom is 0.235 e. The standard InChI is InChI=1S/C26H27N5OS/c1-18(2)32-15-7-14-31-24(22(27-3)23-25(31)26(33)30-17-29-23)20-10-12-21(13-11-20)28-16-19-8-5-4-6-9-19/h4-6,8-13,17-18,28H,7,14-16H2,1-2H3,(H,29,30,33). The second kappa shape index (κ2) is 10.4. The van der Waals surface area contributed by atoms with Crippen molar-refractivity contribution in [3.8, 4) is 11.3 Å². The average Bonchev–Trinajstić information content (AvgIpc) is 3.16. The molecule has 0 aliphatic rings. The molecule has 0 fully saturated rings. The summed E-state index contributed by atoms with van der Waals surface area (Å²) < 4.78 is 8.34. The number of benzene rings is 2. The number of ether oxygens (including phenoxy) is 1. The molecule has 2 heterocycles. The van der Waals surface area contributed by atoms with Gasteiger partial charge in [0.05, 0.1) is 35.7 Å². The molecule has 0 spiro atoms. The summed E-state index contributed by atoms with van der Waals surface area (Å²) in [6.07, 6.45) is 2.56. The molecule has 2 aromatic carbocycles. The Morgan fingerprint density at radius 3 is 2.61 bits per heavy atom. The van der Waals surface area contributed by atoms with Gasteiger partial charge in [0.15, 0.2) is 4.64 Å². The number of aryl methyl sites for hydroxylation is 1. The summed E-state index contributed by atoms with van der Waals surface area (Å²) in [7, 11) is 0.